The van der Waals surface area contributed by atoms with Gasteiger partial charge in [0.05, 0.1) is 9.60 Å². The maximum atomic E-state index is 13.0. The lowest BCUT2D eigenvalue weighted by Crippen LogP contribution is -2.39. The Kier molecular flexibility index (Phi) is 8.41. The number of aryl methyl sites for hydroxylation is 1. The van der Waals surface area contributed by atoms with Gasteiger partial charge in [-0.15, -0.1) is 12.4 Å². The van der Waals surface area contributed by atoms with Crippen molar-refractivity contribution in [3.05, 3.63) is 48.0 Å². The number of rotatable bonds is 8. The van der Waals surface area contributed by atoms with Gasteiger partial charge in [0.15, 0.2) is 21.6 Å². The van der Waals surface area contributed by atoms with Crippen LogP contribution in [0.5, 0.6) is 5.75 Å². The Labute approximate surface area is 193 Å². The number of amides is 1. The zero-order valence-corrected chi connectivity index (χ0v) is 20.3. The fourth-order valence-electron chi connectivity index (χ4n) is 2.81. The largest absolute Gasteiger partial charge is 0.484 e. The smallest absolute Gasteiger partial charge is 0.266 e. The van der Waals surface area contributed by atoms with Gasteiger partial charge >= 0.3 is 0 Å². The molecule has 0 saturated heterocycles. The fraction of sp³-hybridized carbons (Fsp3) is 0.333. The molecule has 0 unspecified atom stereocenters. The first-order valence-corrected chi connectivity index (χ1v) is 12.1. The van der Waals surface area contributed by atoms with E-state index < -0.39 is 9.84 Å². The Balaban J connectivity index is 0.00000341. The van der Waals surface area contributed by atoms with Crippen molar-refractivity contribution >= 4 is 54.8 Å². The molecule has 0 atom stereocenters. The number of para-hydroxylation sites is 1. The van der Waals surface area contributed by atoms with Gasteiger partial charge in [-0.3, -0.25) is 9.69 Å². The van der Waals surface area contributed by atoms with Crippen molar-refractivity contribution in [1.29, 1.82) is 0 Å². The highest BCUT2D eigenvalue weighted by molar-refractivity contribution is 7.91. The molecule has 0 fully saturated rings. The third-order valence-corrected chi connectivity index (χ3v) is 6.63. The lowest BCUT2D eigenvalue weighted by molar-refractivity contribution is -0.120. The predicted octanol–water partition coefficient (Wildman–Crippen LogP) is 3.40. The normalized spacial score (nSPS) is 11.4. The van der Waals surface area contributed by atoms with E-state index in [0.717, 1.165) is 16.5 Å². The quantitative estimate of drug-likeness (QED) is 0.488. The number of nitrogens with zero attached hydrogens (tertiary/aromatic N) is 3. The molecule has 7 nitrogen and oxygen atoms in total. The van der Waals surface area contributed by atoms with Crippen LogP contribution in [-0.4, -0.2) is 64.3 Å². The first-order chi connectivity index (χ1) is 14.1. The molecule has 168 valence electrons. The summed E-state index contributed by atoms with van der Waals surface area (Å²) in [4.78, 5) is 21.2. The molecule has 1 amide bonds. The van der Waals surface area contributed by atoms with Gasteiger partial charge in [-0.25, -0.2) is 13.4 Å². The van der Waals surface area contributed by atoms with Crippen molar-refractivity contribution in [3.8, 4) is 5.75 Å². The molecule has 0 saturated carbocycles. The molecule has 0 aliphatic carbocycles. The highest BCUT2D eigenvalue weighted by atomic mass is 35.5. The molecule has 3 rings (SSSR count). The number of sulfone groups is 1. The monoisotopic (exact) mass is 483 g/mol. The summed E-state index contributed by atoms with van der Waals surface area (Å²) < 4.78 is 30.6. The minimum Gasteiger partial charge on any atom is -0.484 e. The molecule has 1 aromatic heterocycles. The number of anilines is 1. The minimum atomic E-state index is -3.43. The van der Waals surface area contributed by atoms with Crippen LogP contribution in [0.4, 0.5) is 5.13 Å². The topological polar surface area (TPSA) is 79.8 Å². The maximum Gasteiger partial charge on any atom is 0.266 e. The molecule has 0 bridgehead atoms. The summed E-state index contributed by atoms with van der Waals surface area (Å²) in [6.07, 6.45) is 1.16. The van der Waals surface area contributed by atoms with Gasteiger partial charge in [0, 0.05) is 19.3 Å². The standard InChI is InChI=1S/C21H25N3O4S2.ClH/c1-15-8-10-16(11-9-15)28-14-19(25)24(13-12-23(2)3)21-22-20-17(29-21)6-5-7-18(20)30(4,26)27;/h5-11H,12-14H2,1-4H3;1H. The number of hydrogen-bond donors (Lipinski definition) is 0. The third kappa shape index (κ3) is 6.39. The van der Waals surface area contributed by atoms with Gasteiger partial charge in [-0.1, -0.05) is 35.1 Å². The summed E-state index contributed by atoms with van der Waals surface area (Å²) in [6, 6.07) is 12.5. The first kappa shape index (κ1) is 25.1. The van der Waals surface area contributed by atoms with E-state index in [0.29, 0.717) is 29.5 Å². The van der Waals surface area contributed by atoms with Crippen LogP contribution in [0, 0.1) is 6.92 Å². The van der Waals surface area contributed by atoms with Crippen LogP contribution in [-0.2, 0) is 14.6 Å². The molecule has 10 heteroatoms. The molecule has 1 heterocycles. The summed E-state index contributed by atoms with van der Waals surface area (Å²) in [6.45, 7) is 2.89. The number of ether oxygens (including phenoxy) is 1. The summed E-state index contributed by atoms with van der Waals surface area (Å²) in [7, 11) is 0.415. The van der Waals surface area contributed by atoms with E-state index >= 15 is 0 Å². The van der Waals surface area contributed by atoms with Crippen molar-refractivity contribution in [1.82, 2.24) is 9.88 Å². The van der Waals surface area contributed by atoms with E-state index in [9.17, 15) is 13.2 Å². The number of thiazole rings is 1. The molecular formula is C21H26ClN3O4S2. The SMILES string of the molecule is Cc1ccc(OCC(=O)N(CCN(C)C)c2nc3c(S(C)(=O)=O)cccc3s2)cc1.Cl. The van der Waals surface area contributed by atoms with Crippen LogP contribution in [0.2, 0.25) is 0 Å². The Morgan fingerprint density at radius 3 is 2.39 bits per heavy atom. The average molecular weight is 484 g/mol. The second-order valence-electron chi connectivity index (χ2n) is 7.32. The number of hydrogen-bond acceptors (Lipinski definition) is 7. The number of halogens is 1. The maximum absolute atomic E-state index is 13.0. The van der Waals surface area contributed by atoms with E-state index in [1.165, 1.54) is 17.4 Å². The van der Waals surface area contributed by atoms with Crippen molar-refractivity contribution in [2.24, 2.45) is 0 Å². The van der Waals surface area contributed by atoms with Crippen LogP contribution in [0.25, 0.3) is 10.2 Å². The van der Waals surface area contributed by atoms with Gasteiger partial charge < -0.3 is 9.64 Å². The van der Waals surface area contributed by atoms with E-state index in [1.807, 2.05) is 56.3 Å². The molecule has 0 aliphatic rings. The zero-order valence-electron chi connectivity index (χ0n) is 17.9. The lowest BCUT2D eigenvalue weighted by Gasteiger charge is -2.22. The number of fused-ring (bicyclic) bond motifs is 1. The molecule has 3 aromatic rings. The number of carbonyl (C=O) groups is 1. The molecular weight excluding hydrogens is 458 g/mol. The van der Waals surface area contributed by atoms with Gasteiger partial charge in [0.25, 0.3) is 5.91 Å². The van der Waals surface area contributed by atoms with Gasteiger partial charge in [0.1, 0.15) is 11.3 Å². The molecule has 0 radical (unpaired) electrons. The van der Waals surface area contributed by atoms with Crippen molar-refractivity contribution < 1.29 is 17.9 Å². The van der Waals surface area contributed by atoms with E-state index in [-0.39, 0.29) is 29.8 Å². The van der Waals surface area contributed by atoms with E-state index in [2.05, 4.69) is 4.98 Å². The van der Waals surface area contributed by atoms with E-state index in [1.54, 1.807) is 11.0 Å². The summed E-state index contributed by atoms with van der Waals surface area (Å²) in [5, 5.41) is 0.459. The van der Waals surface area contributed by atoms with Crippen LogP contribution >= 0.6 is 23.7 Å². The van der Waals surface area contributed by atoms with Crippen LogP contribution in [0.15, 0.2) is 47.4 Å². The zero-order chi connectivity index (χ0) is 21.9. The predicted molar refractivity (Wildman–Crippen MR) is 128 cm³/mol. The molecule has 0 spiro atoms. The third-order valence-electron chi connectivity index (χ3n) is 4.46. The number of aromatic nitrogens is 1. The molecule has 0 aliphatic heterocycles. The van der Waals surface area contributed by atoms with Crippen LogP contribution in [0.1, 0.15) is 5.56 Å². The summed E-state index contributed by atoms with van der Waals surface area (Å²) >= 11 is 1.29. The fourth-order valence-corrected chi connectivity index (χ4v) is 4.74. The van der Waals surface area contributed by atoms with Crippen molar-refractivity contribution in [3.63, 3.8) is 0 Å². The van der Waals surface area contributed by atoms with Gasteiger partial charge in [-0.05, 0) is 45.3 Å². The van der Waals surface area contributed by atoms with Crippen molar-refractivity contribution in [2.75, 3.05) is 44.9 Å². The Hall–Kier alpha value is -2.20. The summed E-state index contributed by atoms with van der Waals surface area (Å²) in [5.74, 6) is 0.377. The molecule has 0 N–H and O–H groups in total. The van der Waals surface area contributed by atoms with E-state index in [4.69, 9.17) is 4.74 Å². The first-order valence-electron chi connectivity index (χ1n) is 9.39. The van der Waals surface area contributed by atoms with Gasteiger partial charge in [0.2, 0.25) is 0 Å². The van der Waals surface area contributed by atoms with Crippen LogP contribution in [0.3, 0.4) is 0 Å². The van der Waals surface area contributed by atoms with Gasteiger partial charge in [-0.2, -0.15) is 0 Å². The molecule has 2 aromatic carbocycles. The highest BCUT2D eigenvalue weighted by Crippen LogP contribution is 2.32. The Bertz CT molecular complexity index is 1150. The van der Waals surface area contributed by atoms with Crippen LogP contribution < -0.4 is 9.64 Å². The number of benzene rings is 2. The second kappa shape index (κ2) is 10.4. The van der Waals surface area contributed by atoms with Crippen molar-refractivity contribution in [2.45, 2.75) is 11.8 Å². The summed E-state index contributed by atoms with van der Waals surface area (Å²) in [5.41, 5.74) is 1.50. The number of carbonyl (C=O) groups excluding carboxylic acids is 1. The Morgan fingerprint density at radius 1 is 1.10 bits per heavy atom. The minimum absolute atomic E-state index is 0. The lowest BCUT2D eigenvalue weighted by atomic mass is 10.2. The highest BCUT2D eigenvalue weighted by Gasteiger charge is 2.23. The number of likely N-dealkylation sites (N-methyl/N-ethyl adjacent to an activating group) is 1. The second-order valence-corrected chi connectivity index (χ2v) is 10.3. The molecule has 31 heavy (non-hydrogen) atoms. The Morgan fingerprint density at radius 2 is 1.77 bits per heavy atom. The average Bonchev–Trinajstić information content (AvgIpc) is 3.10.